The zero-order valence-electron chi connectivity index (χ0n) is 13.1. The molecule has 0 radical (unpaired) electrons. The molecule has 1 atom stereocenters. The Bertz CT molecular complexity index is 947. The summed E-state index contributed by atoms with van der Waals surface area (Å²) in [6.45, 7) is 0. The van der Waals surface area contributed by atoms with Crippen molar-refractivity contribution in [2.75, 3.05) is 7.11 Å². The number of ether oxygens (including phenoxy) is 1. The van der Waals surface area contributed by atoms with Gasteiger partial charge in [-0.25, -0.2) is 14.3 Å². The highest BCUT2D eigenvalue weighted by Crippen LogP contribution is 2.32. The maximum absolute atomic E-state index is 12.5. The van der Waals surface area contributed by atoms with Crippen LogP contribution in [-0.2, 0) is 11.2 Å². The molecule has 0 N–H and O–H groups in total. The summed E-state index contributed by atoms with van der Waals surface area (Å²) >= 11 is 0. The number of hydrogen-bond acceptors (Lipinski definition) is 5. The molecule has 1 aromatic carbocycles. The fourth-order valence-corrected chi connectivity index (χ4v) is 3.26. The summed E-state index contributed by atoms with van der Waals surface area (Å²) in [5.41, 5.74) is 3.22. The Morgan fingerprint density at radius 1 is 1.21 bits per heavy atom. The molecule has 6 nitrogen and oxygen atoms in total. The van der Waals surface area contributed by atoms with E-state index in [2.05, 4.69) is 10.1 Å². The number of Topliss-reactive ketones (excluding diaryl/α,β-unsaturated/α-hetero) is 1. The summed E-state index contributed by atoms with van der Waals surface area (Å²) in [6.07, 6.45) is 4.11. The first kappa shape index (κ1) is 14.6. The molecule has 1 aliphatic rings. The second-order valence-electron chi connectivity index (χ2n) is 5.84. The zero-order chi connectivity index (χ0) is 16.7. The SMILES string of the molecule is COC(=O)c1cnn2c3c(cnc12)C(=O)CC(c1ccccc1)C3. The van der Waals surface area contributed by atoms with Crippen molar-refractivity contribution in [3.8, 4) is 0 Å². The number of carbonyl (C=O) groups is 2. The minimum Gasteiger partial charge on any atom is -0.465 e. The zero-order valence-corrected chi connectivity index (χ0v) is 13.1. The fraction of sp³-hybridized carbons (Fsp3) is 0.222. The summed E-state index contributed by atoms with van der Waals surface area (Å²) in [6, 6.07) is 9.97. The van der Waals surface area contributed by atoms with Crippen molar-refractivity contribution in [1.29, 1.82) is 0 Å². The van der Waals surface area contributed by atoms with Gasteiger partial charge in [-0.15, -0.1) is 0 Å². The van der Waals surface area contributed by atoms with Crippen molar-refractivity contribution in [3.63, 3.8) is 0 Å². The highest BCUT2D eigenvalue weighted by atomic mass is 16.5. The third kappa shape index (κ3) is 2.19. The van der Waals surface area contributed by atoms with Crippen molar-refractivity contribution < 1.29 is 14.3 Å². The van der Waals surface area contributed by atoms with Crippen LogP contribution in [0.5, 0.6) is 0 Å². The number of ketones is 1. The summed E-state index contributed by atoms with van der Waals surface area (Å²) in [5, 5.41) is 4.26. The lowest BCUT2D eigenvalue weighted by Gasteiger charge is -2.24. The van der Waals surface area contributed by atoms with E-state index in [1.165, 1.54) is 13.3 Å². The van der Waals surface area contributed by atoms with Crippen LogP contribution in [0, 0.1) is 0 Å². The second-order valence-corrected chi connectivity index (χ2v) is 5.84. The molecule has 0 spiro atoms. The Hall–Kier alpha value is -3.02. The van der Waals surface area contributed by atoms with Crippen LogP contribution in [0.1, 0.15) is 44.3 Å². The smallest absolute Gasteiger partial charge is 0.343 e. The summed E-state index contributed by atoms with van der Waals surface area (Å²) < 4.78 is 6.35. The monoisotopic (exact) mass is 321 g/mol. The molecule has 0 saturated carbocycles. The van der Waals surface area contributed by atoms with E-state index < -0.39 is 5.97 Å². The van der Waals surface area contributed by atoms with Gasteiger partial charge in [0.1, 0.15) is 5.56 Å². The maximum atomic E-state index is 12.5. The Morgan fingerprint density at radius 3 is 2.75 bits per heavy atom. The molecular formula is C18H15N3O3. The van der Waals surface area contributed by atoms with E-state index in [0.29, 0.717) is 29.6 Å². The van der Waals surface area contributed by atoms with Crippen molar-refractivity contribution in [3.05, 3.63) is 65.1 Å². The first-order chi connectivity index (χ1) is 11.7. The van der Waals surface area contributed by atoms with Crippen LogP contribution in [0.4, 0.5) is 0 Å². The molecule has 0 aliphatic heterocycles. The van der Waals surface area contributed by atoms with Gasteiger partial charge >= 0.3 is 5.97 Å². The van der Waals surface area contributed by atoms with Gasteiger partial charge < -0.3 is 4.74 Å². The predicted octanol–water partition coefficient (Wildman–Crippen LogP) is 2.43. The van der Waals surface area contributed by atoms with E-state index in [9.17, 15) is 9.59 Å². The van der Waals surface area contributed by atoms with Gasteiger partial charge in [-0.1, -0.05) is 30.3 Å². The number of methoxy groups -OCH3 is 1. The Kier molecular flexibility index (Phi) is 3.37. The number of hydrogen-bond donors (Lipinski definition) is 0. The number of esters is 1. The molecule has 0 fully saturated rings. The first-order valence-corrected chi connectivity index (χ1v) is 7.71. The van der Waals surface area contributed by atoms with Crippen molar-refractivity contribution >= 4 is 17.4 Å². The third-order valence-electron chi connectivity index (χ3n) is 4.47. The second kappa shape index (κ2) is 5.56. The van der Waals surface area contributed by atoms with Gasteiger partial charge in [-0.2, -0.15) is 5.10 Å². The molecule has 2 aromatic heterocycles. The summed E-state index contributed by atoms with van der Waals surface area (Å²) in [7, 11) is 1.32. The van der Waals surface area contributed by atoms with Gasteiger partial charge in [0.25, 0.3) is 0 Å². The van der Waals surface area contributed by atoms with Gasteiger partial charge in [0.15, 0.2) is 11.4 Å². The molecule has 6 heteroatoms. The lowest BCUT2D eigenvalue weighted by molar-refractivity contribution is 0.0602. The van der Waals surface area contributed by atoms with Crippen LogP contribution < -0.4 is 0 Å². The predicted molar refractivity (Wildman–Crippen MR) is 86.2 cm³/mol. The maximum Gasteiger partial charge on any atom is 0.343 e. The van der Waals surface area contributed by atoms with E-state index in [0.717, 1.165) is 11.3 Å². The minimum absolute atomic E-state index is 0.0506. The standard InChI is InChI=1S/C18H15N3O3/c1-24-18(23)14-10-20-21-15-7-12(11-5-3-2-4-6-11)8-16(22)13(15)9-19-17(14)21/h2-6,9-10,12H,7-8H2,1H3. The highest BCUT2D eigenvalue weighted by Gasteiger charge is 2.30. The van der Waals surface area contributed by atoms with Gasteiger partial charge in [0.05, 0.1) is 24.6 Å². The van der Waals surface area contributed by atoms with Gasteiger partial charge in [0, 0.05) is 12.6 Å². The number of rotatable bonds is 2. The van der Waals surface area contributed by atoms with Crippen LogP contribution in [0.15, 0.2) is 42.7 Å². The van der Waals surface area contributed by atoms with Gasteiger partial charge in [-0.05, 0) is 17.9 Å². The van der Waals surface area contributed by atoms with E-state index in [4.69, 9.17) is 4.74 Å². The molecule has 0 bridgehead atoms. The largest absolute Gasteiger partial charge is 0.465 e. The van der Waals surface area contributed by atoms with E-state index >= 15 is 0 Å². The summed E-state index contributed by atoms with van der Waals surface area (Å²) in [4.78, 5) is 28.6. The lowest BCUT2D eigenvalue weighted by atomic mass is 9.82. The van der Waals surface area contributed by atoms with Crippen LogP contribution in [0.3, 0.4) is 0 Å². The topological polar surface area (TPSA) is 73.6 Å². The number of fused-ring (bicyclic) bond motifs is 3. The molecule has 0 amide bonds. The summed E-state index contributed by atoms with van der Waals surface area (Å²) in [5.74, 6) is -0.337. The van der Waals surface area contributed by atoms with E-state index in [1.54, 1.807) is 10.7 Å². The van der Waals surface area contributed by atoms with Crippen molar-refractivity contribution in [2.45, 2.75) is 18.8 Å². The Balaban J connectivity index is 1.84. The molecule has 0 saturated heterocycles. The average molecular weight is 321 g/mol. The van der Waals surface area contributed by atoms with Crippen molar-refractivity contribution in [2.24, 2.45) is 0 Å². The normalized spacial score (nSPS) is 16.9. The molecule has 1 aliphatic carbocycles. The lowest BCUT2D eigenvalue weighted by Crippen LogP contribution is -2.22. The average Bonchev–Trinajstić information content (AvgIpc) is 3.06. The molecule has 4 rings (SSSR count). The third-order valence-corrected chi connectivity index (χ3v) is 4.47. The minimum atomic E-state index is -0.487. The Labute approximate surface area is 138 Å². The number of nitrogens with zero attached hydrogens (tertiary/aromatic N) is 3. The van der Waals surface area contributed by atoms with Crippen molar-refractivity contribution in [1.82, 2.24) is 14.6 Å². The first-order valence-electron chi connectivity index (χ1n) is 7.71. The number of aromatic nitrogens is 3. The Morgan fingerprint density at radius 2 is 2.00 bits per heavy atom. The van der Waals surface area contributed by atoms with Crippen LogP contribution in [0.2, 0.25) is 0 Å². The quantitative estimate of drug-likeness (QED) is 0.678. The van der Waals surface area contributed by atoms with Crippen LogP contribution in [-0.4, -0.2) is 33.5 Å². The van der Waals surface area contributed by atoms with Gasteiger partial charge in [0.2, 0.25) is 0 Å². The molecule has 2 heterocycles. The fourth-order valence-electron chi connectivity index (χ4n) is 3.26. The van der Waals surface area contributed by atoms with Crippen LogP contribution in [0.25, 0.3) is 5.65 Å². The molecule has 24 heavy (non-hydrogen) atoms. The van der Waals surface area contributed by atoms with Gasteiger partial charge in [-0.3, -0.25) is 4.79 Å². The number of benzene rings is 1. The molecule has 120 valence electrons. The number of carbonyl (C=O) groups excluding carboxylic acids is 2. The van der Waals surface area contributed by atoms with E-state index in [1.807, 2.05) is 30.3 Å². The molecule has 3 aromatic rings. The molecular weight excluding hydrogens is 306 g/mol. The van der Waals surface area contributed by atoms with Crippen LogP contribution >= 0.6 is 0 Å². The van der Waals surface area contributed by atoms with E-state index in [-0.39, 0.29) is 11.7 Å². The molecule has 1 unspecified atom stereocenters. The highest BCUT2D eigenvalue weighted by molar-refractivity contribution is 6.00.